The molecule has 2 aromatic heterocycles. The molecule has 0 saturated heterocycles. The maximum Gasteiger partial charge on any atom is 0.270 e. The van der Waals surface area contributed by atoms with E-state index in [0.717, 1.165) is 24.5 Å². The molecule has 4 atom stereocenters. The van der Waals surface area contributed by atoms with Crippen LogP contribution in [0.25, 0.3) is 11.0 Å². The van der Waals surface area contributed by atoms with Gasteiger partial charge in [-0.05, 0) is 31.0 Å². The number of benzene rings is 1. The van der Waals surface area contributed by atoms with Crippen molar-refractivity contribution in [2.45, 2.75) is 37.5 Å². The molecular formula is C20H20F4N6O3. The zero-order chi connectivity index (χ0) is 23.7. The number of aromatic amines is 1. The number of aliphatic hydroxyl groups is 2. The molecule has 13 heteroatoms. The fourth-order valence-electron chi connectivity index (χ4n) is 3.95. The van der Waals surface area contributed by atoms with E-state index in [9.17, 15) is 32.6 Å². The van der Waals surface area contributed by atoms with E-state index in [1.807, 2.05) is 0 Å². The quantitative estimate of drug-likeness (QED) is 0.334. The monoisotopic (exact) mass is 468 g/mol. The number of carbonyl (C=O) groups excluding carboxylic acids is 1. The molecular weight excluding hydrogens is 448 g/mol. The molecule has 1 aromatic carbocycles. The van der Waals surface area contributed by atoms with Crippen LogP contribution in [0.2, 0.25) is 0 Å². The van der Waals surface area contributed by atoms with E-state index in [1.54, 1.807) is 0 Å². The largest absolute Gasteiger partial charge is 0.394 e. The first-order chi connectivity index (χ1) is 15.8. The average molecular weight is 468 g/mol. The number of anilines is 1. The van der Waals surface area contributed by atoms with Gasteiger partial charge in [-0.15, -0.1) is 0 Å². The summed E-state index contributed by atoms with van der Waals surface area (Å²) in [7, 11) is 0. The van der Waals surface area contributed by atoms with Crippen LogP contribution in [-0.4, -0.2) is 61.5 Å². The lowest BCUT2D eigenvalue weighted by Gasteiger charge is -2.19. The molecule has 0 radical (unpaired) electrons. The van der Waals surface area contributed by atoms with E-state index in [2.05, 4.69) is 30.8 Å². The van der Waals surface area contributed by atoms with Crippen molar-refractivity contribution >= 4 is 22.8 Å². The molecule has 0 spiro atoms. The molecule has 1 amide bonds. The summed E-state index contributed by atoms with van der Waals surface area (Å²) in [5.41, 5.74) is -0.328. The van der Waals surface area contributed by atoms with Crippen molar-refractivity contribution in [1.29, 1.82) is 0 Å². The van der Waals surface area contributed by atoms with Crippen molar-refractivity contribution < 1.29 is 32.6 Å². The molecule has 9 nitrogen and oxygen atoms in total. The van der Waals surface area contributed by atoms with Crippen LogP contribution < -0.4 is 10.6 Å². The van der Waals surface area contributed by atoms with Crippen molar-refractivity contribution in [2.75, 3.05) is 11.9 Å². The van der Waals surface area contributed by atoms with Crippen molar-refractivity contribution in [3.8, 4) is 0 Å². The number of rotatable bonds is 7. The zero-order valence-electron chi connectivity index (χ0n) is 17.0. The fourth-order valence-corrected chi connectivity index (χ4v) is 3.95. The van der Waals surface area contributed by atoms with E-state index in [4.69, 9.17) is 0 Å². The SMILES string of the molecule is O=C(N[C@H](CO)c1cc(F)ccc1F)c1[nH]nc2ncnc(N[C@@H]3C[C@@H](C(F)F)C[C@H]3O)c12. The van der Waals surface area contributed by atoms with Gasteiger partial charge < -0.3 is 20.8 Å². The summed E-state index contributed by atoms with van der Waals surface area (Å²) < 4.78 is 53.8. The van der Waals surface area contributed by atoms with E-state index >= 15 is 0 Å². The summed E-state index contributed by atoms with van der Waals surface area (Å²) in [5.74, 6) is -3.29. The third-order valence-electron chi connectivity index (χ3n) is 5.64. The van der Waals surface area contributed by atoms with E-state index in [1.165, 1.54) is 0 Å². The second-order valence-electron chi connectivity index (χ2n) is 7.78. The number of hydrogen-bond donors (Lipinski definition) is 5. The number of carbonyl (C=O) groups is 1. The van der Waals surface area contributed by atoms with Crippen LogP contribution in [0.15, 0.2) is 24.5 Å². The summed E-state index contributed by atoms with van der Waals surface area (Å²) in [5, 5.41) is 31.6. The predicted octanol–water partition coefficient (Wildman–Crippen LogP) is 1.91. The number of fused-ring (bicyclic) bond motifs is 1. The van der Waals surface area contributed by atoms with Gasteiger partial charge in [-0.25, -0.2) is 27.5 Å². The number of amides is 1. The first-order valence-corrected chi connectivity index (χ1v) is 10.1. The Morgan fingerprint density at radius 3 is 2.73 bits per heavy atom. The predicted molar refractivity (Wildman–Crippen MR) is 107 cm³/mol. The van der Waals surface area contributed by atoms with Crippen LogP contribution >= 0.6 is 0 Å². The van der Waals surface area contributed by atoms with Gasteiger partial charge in [0.25, 0.3) is 5.91 Å². The van der Waals surface area contributed by atoms with Gasteiger partial charge in [0.05, 0.1) is 30.2 Å². The van der Waals surface area contributed by atoms with Crippen molar-refractivity contribution in [2.24, 2.45) is 5.92 Å². The molecule has 3 aromatic rings. The second-order valence-corrected chi connectivity index (χ2v) is 7.78. The minimum absolute atomic E-state index is 0.00482. The average Bonchev–Trinajstić information content (AvgIpc) is 3.38. The summed E-state index contributed by atoms with van der Waals surface area (Å²) >= 11 is 0. The van der Waals surface area contributed by atoms with E-state index in [-0.39, 0.29) is 41.0 Å². The van der Waals surface area contributed by atoms with Gasteiger partial charge in [-0.1, -0.05) is 0 Å². The van der Waals surface area contributed by atoms with Gasteiger partial charge in [-0.3, -0.25) is 9.89 Å². The number of nitrogens with one attached hydrogen (secondary N) is 3. The van der Waals surface area contributed by atoms with Crippen molar-refractivity contribution in [3.05, 3.63) is 47.4 Å². The molecule has 2 heterocycles. The summed E-state index contributed by atoms with van der Waals surface area (Å²) in [6.07, 6.45) is -2.56. The Kier molecular flexibility index (Phi) is 6.42. The van der Waals surface area contributed by atoms with Crippen LogP contribution in [-0.2, 0) is 0 Å². The van der Waals surface area contributed by atoms with Crippen LogP contribution in [0.1, 0.15) is 34.9 Å². The van der Waals surface area contributed by atoms with Gasteiger partial charge in [0.15, 0.2) is 5.65 Å². The summed E-state index contributed by atoms with van der Waals surface area (Å²) in [6, 6.07) is 0.637. The minimum atomic E-state index is -2.58. The number of aliphatic hydroxyl groups excluding tert-OH is 2. The lowest BCUT2D eigenvalue weighted by molar-refractivity contribution is 0.0702. The standard InChI is InChI=1S/C20H20F4N6O3/c21-9-1-2-11(22)10(5-9)13(6-31)28-20(33)16-15-18(25-7-26-19(15)30-29-16)27-12-3-8(17(23)24)4-14(12)32/h1-2,5,7-8,12-14,17,31-32H,3-4,6H2,(H,28,33)(H2,25,26,27,29,30)/t8-,12-,13-,14-/m1/s1. The lowest BCUT2D eigenvalue weighted by atomic mass is 10.1. The Labute approximate surface area is 184 Å². The van der Waals surface area contributed by atoms with Gasteiger partial charge in [0.1, 0.15) is 29.5 Å². The van der Waals surface area contributed by atoms with Gasteiger partial charge in [0.2, 0.25) is 6.43 Å². The first-order valence-electron chi connectivity index (χ1n) is 10.1. The summed E-state index contributed by atoms with van der Waals surface area (Å²) in [6.45, 7) is -0.719. The molecule has 1 aliphatic carbocycles. The highest BCUT2D eigenvalue weighted by atomic mass is 19.3. The van der Waals surface area contributed by atoms with Gasteiger partial charge in [0, 0.05) is 11.5 Å². The maximum atomic E-state index is 14.1. The van der Waals surface area contributed by atoms with Crippen LogP contribution in [0.5, 0.6) is 0 Å². The third kappa shape index (κ3) is 4.59. The molecule has 0 unspecified atom stereocenters. The second kappa shape index (κ2) is 9.27. The maximum absolute atomic E-state index is 14.1. The Morgan fingerprint density at radius 2 is 2.03 bits per heavy atom. The van der Waals surface area contributed by atoms with Crippen LogP contribution in [0.4, 0.5) is 23.4 Å². The Balaban J connectivity index is 1.61. The van der Waals surface area contributed by atoms with Gasteiger partial charge >= 0.3 is 0 Å². The topological polar surface area (TPSA) is 136 Å². The molecule has 1 saturated carbocycles. The fraction of sp³-hybridized carbons (Fsp3) is 0.400. The number of aromatic nitrogens is 4. The lowest BCUT2D eigenvalue weighted by Crippen LogP contribution is -2.32. The third-order valence-corrected chi connectivity index (χ3v) is 5.64. The smallest absolute Gasteiger partial charge is 0.270 e. The van der Waals surface area contributed by atoms with Crippen molar-refractivity contribution in [3.63, 3.8) is 0 Å². The van der Waals surface area contributed by atoms with E-state index in [0.29, 0.717) is 0 Å². The van der Waals surface area contributed by atoms with Crippen molar-refractivity contribution in [1.82, 2.24) is 25.5 Å². The number of hydrogen-bond acceptors (Lipinski definition) is 7. The molecule has 5 N–H and O–H groups in total. The summed E-state index contributed by atoms with van der Waals surface area (Å²) in [4.78, 5) is 20.9. The van der Waals surface area contributed by atoms with Crippen LogP contribution in [0, 0.1) is 17.6 Å². The molecule has 1 fully saturated rings. The molecule has 176 valence electrons. The normalized spacial score (nSPS) is 21.5. The number of H-pyrrole nitrogens is 1. The molecule has 1 aliphatic rings. The van der Waals surface area contributed by atoms with Crippen LogP contribution in [0.3, 0.4) is 0 Å². The minimum Gasteiger partial charge on any atom is -0.394 e. The Hall–Kier alpha value is -3.32. The molecule has 4 rings (SSSR count). The zero-order valence-corrected chi connectivity index (χ0v) is 17.0. The molecule has 0 bridgehead atoms. The first kappa shape index (κ1) is 22.9. The molecule has 33 heavy (non-hydrogen) atoms. The highest BCUT2D eigenvalue weighted by Crippen LogP contribution is 2.34. The highest BCUT2D eigenvalue weighted by molar-refractivity contribution is 6.07. The highest BCUT2D eigenvalue weighted by Gasteiger charge is 2.38. The van der Waals surface area contributed by atoms with Gasteiger partial charge in [-0.2, -0.15) is 5.10 Å². The number of alkyl halides is 2. The Bertz CT molecular complexity index is 1160. The molecule has 0 aliphatic heterocycles. The van der Waals surface area contributed by atoms with E-state index < -0.39 is 54.7 Å². The number of nitrogens with zero attached hydrogens (tertiary/aromatic N) is 3. The number of halogens is 4. The Morgan fingerprint density at radius 1 is 1.24 bits per heavy atom.